The van der Waals surface area contributed by atoms with E-state index in [0.29, 0.717) is 11.5 Å². The van der Waals surface area contributed by atoms with E-state index in [1.807, 2.05) is 24.3 Å². The summed E-state index contributed by atoms with van der Waals surface area (Å²) in [4.78, 5) is 3.50. The molecule has 0 saturated carbocycles. The molecular formula is C19H18N2S. The second kappa shape index (κ2) is 5.90. The highest BCUT2D eigenvalue weighted by Crippen LogP contribution is 2.47. The van der Waals surface area contributed by atoms with E-state index in [2.05, 4.69) is 49.6 Å². The number of fused-ring (bicyclic) bond motifs is 1. The molecule has 1 aliphatic heterocycles. The summed E-state index contributed by atoms with van der Waals surface area (Å²) in [6, 6.07) is 16.4. The Balaban J connectivity index is 2.02. The number of benzene rings is 2. The van der Waals surface area contributed by atoms with Crippen LogP contribution in [0.4, 0.5) is 5.69 Å². The summed E-state index contributed by atoms with van der Waals surface area (Å²) >= 11 is 1.71. The van der Waals surface area contributed by atoms with Gasteiger partial charge in [0.2, 0.25) is 0 Å². The Labute approximate surface area is 136 Å². The molecule has 0 unspecified atom stereocenters. The molecule has 1 heterocycles. The molecule has 0 spiro atoms. The third kappa shape index (κ3) is 2.63. The Kier molecular flexibility index (Phi) is 3.96. The largest absolute Gasteiger partial charge is 0.335 e. The minimum atomic E-state index is 0.585. The van der Waals surface area contributed by atoms with Crippen molar-refractivity contribution in [3.63, 3.8) is 0 Å². The summed E-state index contributed by atoms with van der Waals surface area (Å²) in [6.45, 7) is 9.59. The Morgan fingerprint density at radius 1 is 1.23 bits per heavy atom. The van der Waals surface area contributed by atoms with Gasteiger partial charge in [-0.1, -0.05) is 56.5 Å². The van der Waals surface area contributed by atoms with Crippen molar-refractivity contribution < 1.29 is 0 Å². The minimum absolute atomic E-state index is 0.585. The lowest BCUT2D eigenvalue weighted by Gasteiger charge is -2.21. The Morgan fingerprint density at radius 2 is 2.00 bits per heavy atom. The van der Waals surface area contributed by atoms with Crippen LogP contribution in [0.25, 0.3) is 11.1 Å². The van der Waals surface area contributed by atoms with Crippen molar-refractivity contribution >= 4 is 17.4 Å². The van der Waals surface area contributed by atoms with Crippen LogP contribution in [0.5, 0.6) is 0 Å². The van der Waals surface area contributed by atoms with Crippen LogP contribution in [0.2, 0.25) is 0 Å². The Morgan fingerprint density at radius 3 is 2.73 bits per heavy atom. The molecule has 2 aromatic rings. The molecule has 0 bridgehead atoms. The van der Waals surface area contributed by atoms with E-state index in [1.54, 1.807) is 11.8 Å². The van der Waals surface area contributed by atoms with Crippen LogP contribution in [0.3, 0.4) is 0 Å². The number of hydrogen-bond donors (Lipinski definition) is 0. The summed E-state index contributed by atoms with van der Waals surface area (Å²) in [7, 11) is 0. The molecule has 2 nitrogen and oxygen atoms in total. The molecular weight excluding hydrogens is 288 g/mol. The number of thioether (sulfide) groups is 1. The normalized spacial score (nSPS) is 13.4. The lowest BCUT2D eigenvalue weighted by molar-refractivity contribution is 0.647. The lowest BCUT2D eigenvalue weighted by atomic mass is 10.00. The molecule has 2 aromatic carbocycles. The van der Waals surface area contributed by atoms with Crippen molar-refractivity contribution in [2.45, 2.75) is 18.7 Å². The fraction of sp³-hybridized carbons (Fsp3) is 0.211. The van der Waals surface area contributed by atoms with Crippen molar-refractivity contribution in [3.8, 4) is 17.2 Å². The highest BCUT2D eigenvalue weighted by Gasteiger charge is 2.24. The Hall–Kier alpha value is -2.18. The molecule has 0 radical (unpaired) electrons. The van der Waals surface area contributed by atoms with Crippen molar-refractivity contribution in [3.05, 3.63) is 59.6 Å². The standard InChI is InChI=1S/C19H18N2S/c1-13(2)12-21-14(3)22-19-10-15(8-9-18(19)21)17-7-5-4-6-16(17)11-20/h4-10,13H,3,12H2,1-2H3. The third-order valence-corrected chi connectivity index (χ3v) is 4.69. The lowest BCUT2D eigenvalue weighted by Crippen LogP contribution is -2.22. The SMILES string of the molecule is C=C1Sc2cc(-c3ccccc3C#N)ccc2N1CC(C)C. The van der Waals surface area contributed by atoms with Gasteiger partial charge in [0.05, 0.1) is 22.3 Å². The quantitative estimate of drug-likeness (QED) is 0.773. The molecule has 0 fully saturated rings. The molecule has 0 aromatic heterocycles. The van der Waals surface area contributed by atoms with Gasteiger partial charge in [0.25, 0.3) is 0 Å². The van der Waals surface area contributed by atoms with Crippen LogP contribution < -0.4 is 4.90 Å². The maximum atomic E-state index is 9.28. The zero-order valence-electron chi connectivity index (χ0n) is 12.8. The van der Waals surface area contributed by atoms with Crippen LogP contribution in [0, 0.1) is 17.2 Å². The number of nitrogens with zero attached hydrogens (tertiary/aromatic N) is 2. The van der Waals surface area contributed by atoms with E-state index in [0.717, 1.165) is 22.7 Å². The van der Waals surface area contributed by atoms with E-state index >= 15 is 0 Å². The van der Waals surface area contributed by atoms with Gasteiger partial charge in [-0.15, -0.1) is 0 Å². The molecule has 0 N–H and O–H groups in total. The summed E-state index contributed by atoms with van der Waals surface area (Å²) < 4.78 is 0. The van der Waals surface area contributed by atoms with Gasteiger partial charge in [-0.05, 0) is 35.2 Å². The van der Waals surface area contributed by atoms with Crippen molar-refractivity contribution in [2.24, 2.45) is 5.92 Å². The molecule has 0 atom stereocenters. The topological polar surface area (TPSA) is 27.0 Å². The van der Waals surface area contributed by atoms with Crippen molar-refractivity contribution in [1.29, 1.82) is 5.26 Å². The summed E-state index contributed by atoms with van der Waals surface area (Å²) in [5, 5.41) is 10.4. The maximum absolute atomic E-state index is 9.28. The van der Waals surface area contributed by atoms with Crippen LogP contribution in [-0.2, 0) is 0 Å². The number of hydrogen-bond acceptors (Lipinski definition) is 3. The minimum Gasteiger partial charge on any atom is -0.335 e. The van der Waals surface area contributed by atoms with Gasteiger partial charge in [0, 0.05) is 11.4 Å². The van der Waals surface area contributed by atoms with Gasteiger partial charge >= 0.3 is 0 Å². The molecule has 3 rings (SSSR count). The Bertz CT molecular complexity index is 771. The van der Waals surface area contributed by atoms with E-state index in [-0.39, 0.29) is 0 Å². The highest BCUT2D eigenvalue weighted by molar-refractivity contribution is 8.03. The second-order valence-corrected chi connectivity index (χ2v) is 6.96. The summed E-state index contributed by atoms with van der Waals surface area (Å²) in [6.07, 6.45) is 0. The van der Waals surface area contributed by atoms with E-state index in [9.17, 15) is 5.26 Å². The first-order valence-corrected chi connectivity index (χ1v) is 8.19. The average Bonchev–Trinajstić information content (AvgIpc) is 2.82. The number of nitriles is 1. The first kappa shape index (κ1) is 14.7. The van der Waals surface area contributed by atoms with E-state index in [1.165, 1.54) is 10.6 Å². The van der Waals surface area contributed by atoms with Gasteiger partial charge in [0.1, 0.15) is 0 Å². The van der Waals surface area contributed by atoms with Crippen molar-refractivity contribution in [1.82, 2.24) is 0 Å². The molecule has 0 saturated heterocycles. The van der Waals surface area contributed by atoms with Gasteiger partial charge in [0.15, 0.2) is 0 Å². The second-order valence-electron chi connectivity index (χ2n) is 5.84. The van der Waals surface area contributed by atoms with Gasteiger partial charge in [-0.25, -0.2) is 0 Å². The average molecular weight is 306 g/mol. The number of rotatable bonds is 3. The van der Waals surface area contributed by atoms with Crippen molar-refractivity contribution in [2.75, 3.05) is 11.4 Å². The monoisotopic (exact) mass is 306 g/mol. The van der Waals surface area contributed by atoms with Gasteiger partial charge < -0.3 is 4.90 Å². The summed E-state index contributed by atoms with van der Waals surface area (Å²) in [5.41, 5.74) is 4.01. The summed E-state index contributed by atoms with van der Waals surface area (Å²) in [5.74, 6) is 0.585. The predicted molar refractivity (Wildman–Crippen MR) is 93.8 cm³/mol. The molecule has 22 heavy (non-hydrogen) atoms. The fourth-order valence-electron chi connectivity index (χ4n) is 2.70. The van der Waals surface area contributed by atoms with E-state index in [4.69, 9.17) is 0 Å². The first-order valence-electron chi connectivity index (χ1n) is 7.38. The number of anilines is 1. The fourth-order valence-corrected chi connectivity index (χ4v) is 3.71. The zero-order chi connectivity index (χ0) is 15.7. The van der Waals surface area contributed by atoms with Gasteiger partial charge in [-0.2, -0.15) is 5.26 Å². The van der Waals surface area contributed by atoms with Crippen LogP contribution in [-0.4, -0.2) is 6.54 Å². The van der Waals surface area contributed by atoms with Gasteiger partial charge in [-0.3, -0.25) is 0 Å². The molecule has 110 valence electrons. The first-order chi connectivity index (χ1) is 10.6. The molecule has 0 amide bonds. The highest BCUT2D eigenvalue weighted by atomic mass is 32.2. The van der Waals surface area contributed by atoms with Crippen LogP contribution in [0.1, 0.15) is 19.4 Å². The third-order valence-electron chi connectivity index (χ3n) is 3.69. The predicted octanol–water partition coefficient (Wildman–Crippen LogP) is 5.26. The smallest absolute Gasteiger partial charge is 0.0998 e. The van der Waals surface area contributed by atoms with Crippen LogP contribution in [0.15, 0.2) is 59.0 Å². The molecule has 0 aliphatic carbocycles. The van der Waals surface area contributed by atoms with E-state index < -0.39 is 0 Å². The molecule has 1 aliphatic rings. The van der Waals surface area contributed by atoms with Crippen LogP contribution >= 0.6 is 11.8 Å². The maximum Gasteiger partial charge on any atom is 0.0998 e. The molecule has 3 heteroatoms. The zero-order valence-corrected chi connectivity index (χ0v) is 13.7.